The number of carboxylic acids is 2. The number of ether oxygens (including phenoxy) is 4. The molecule has 3 aromatic rings. The van der Waals surface area contributed by atoms with Crippen molar-refractivity contribution in [3.8, 4) is 17.4 Å². The molecule has 1 aliphatic rings. The Hall–Kier alpha value is -4.33. The van der Waals surface area contributed by atoms with Crippen LogP contribution in [-0.4, -0.2) is 83.0 Å². The predicted molar refractivity (Wildman–Crippen MR) is 158 cm³/mol. The number of carbonyl (C=O) groups is 3. The Balaban J connectivity index is 1.86. The number of benzene rings is 2. The predicted octanol–water partition coefficient (Wildman–Crippen LogP) is 3.18. The molecule has 0 unspecified atom stereocenters. The number of methoxy groups -OCH3 is 2. The smallest absolute Gasteiger partial charge is 0.341 e. The van der Waals surface area contributed by atoms with Crippen LogP contribution in [0.1, 0.15) is 36.8 Å². The number of nitrogens with zero attached hydrogens (tertiary/aromatic N) is 3. The van der Waals surface area contributed by atoms with Crippen LogP contribution in [0.5, 0.6) is 17.4 Å². The van der Waals surface area contributed by atoms with E-state index in [9.17, 15) is 24.6 Å². The van der Waals surface area contributed by atoms with Gasteiger partial charge in [0.1, 0.15) is 18.8 Å². The van der Waals surface area contributed by atoms with Gasteiger partial charge in [0, 0.05) is 52.9 Å². The Labute approximate surface area is 258 Å². The fourth-order valence-corrected chi connectivity index (χ4v) is 5.12. The van der Waals surface area contributed by atoms with Crippen LogP contribution in [0.15, 0.2) is 42.5 Å². The summed E-state index contributed by atoms with van der Waals surface area (Å²) >= 11 is 6.47. The van der Waals surface area contributed by atoms with Gasteiger partial charge >= 0.3 is 11.9 Å². The van der Waals surface area contributed by atoms with Crippen molar-refractivity contribution in [3.63, 3.8) is 0 Å². The number of anilines is 1. The first-order valence-corrected chi connectivity index (χ1v) is 14.0. The highest BCUT2D eigenvalue weighted by Crippen LogP contribution is 2.45. The molecule has 1 aromatic heterocycles. The van der Waals surface area contributed by atoms with Gasteiger partial charge in [0.15, 0.2) is 18.1 Å². The number of carbonyl (C=O) groups excluding carboxylic acids is 1. The molecule has 44 heavy (non-hydrogen) atoms. The summed E-state index contributed by atoms with van der Waals surface area (Å²) < 4.78 is 24.1. The van der Waals surface area contributed by atoms with E-state index in [1.165, 1.54) is 25.2 Å². The highest BCUT2D eigenvalue weighted by atomic mass is 35.5. The molecule has 2 heterocycles. The van der Waals surface area contributed by atoms with E-state index in [1.54, 1.807) is 36.4 Å². The van der Waals surface area contributed by atoms with E-state index in [4.69, 9.17) is 35.7 Å². The number of aliphatic hydroxyl groups is 1. The van der Waals surface area contributed by atoms with Crippen molar-refractivity contribution in [2.75, 3.05) is 38.9 Å². The number of halogens is 1. The van der Waals surface area contributed by atoms with Crippen molar-refractivity contribution in [2.24, 2.45) is 5.41 Å². The van der Waals surface area contributed by atoms with Crippen LogP contribution < -0.4 is 19.1 Å². The molecule has 0 bridgehead atoms. The normalized spacial score (nSPS) is 16.7. The number of rotatable bonds is 13. The zero-order valence-corrected chi connectivity index (χ0v) is 25.4. The first kappa shape index (κ1) is 32.6. The minimum absolute atomic E-state index is 0.0924. The molecule has 0 radical (unpaired) electrons. The number of aliphatic carboxylic acids is 2. The van der Waals surface area contributed by atoms with Gasteiger partial charge in [-0.3, -0.25) is 9.59 Å². The topological polar surface area (TPSA) is 170 Å². The van der Waals surface area contributed by atoms with Crippen LogP contribution in [0, 0.1) is 5.41 Å². The number of para-hydroxylation sites is 1. The van der Waals surface area contributed by atoms with Crippen LogP contribution in [0.25, 0.3) is 0 Å². The summed E-state index contributed by atoms with van der Waals surface area (Å²) in [5.74, 6) is -2.20. The summed E-state index contributed by atoms with van der Waals surface area (Å²) in [6.07, 6.45) is -2.21. The molecule has 4 rings (SSSR count). The highest BCUT2D eigenvalue weighted by molar-refractivity contribution is 6.30. The SMILES string of the molecule is COc1cccc([C@H]2O[C@H](Cc3cc(OCC(=O)O)n(CC(=O)O)n3)C(=O)N(CC(C)(C)CO)c3ccc(Cl)cc32)c1OC. The van der Waals surface area contributed by atoms with Gasteiger partial charge in [-0.1, -0.05) is 37.6 Å². The number of amides is 1. The third-order valence-corrected chi connectivity index (χ3v) is 7.19. The molecule has 1 amide bonds. The summed E-state index contributed by atoms with van der Waals surface area (Å²) in [6.45, 7) is 2.24. The molecule has 14 heteroatoms. The Kier molecular flexibility index (Phi) is 10.0. The van der Waals surface area contributed by atoms with E-state index in [-0.39, 0.29) is 31.1 Å². The van der Waals surface area contributed by atoms with Crippen molar-refractivity contribution in [2.45, 2.75) is 39.0 Å². The van der Waals surface area contributed by atoms with E-state index >= 15 is 0 Å². The van der Waals surface area contributed by atoms with Crippen molar-refractivity contribution < 1.29 is 48.7 Å². The van der Waals surface area contributed by atoms with Gasteiger partial charge in [-0.25, -0.2) is 9.48 Å². The molecule has 2 atom stereocenters. The molecule has 3 N–H and O–H groups in total. The first-order valence-electron chi connectivity index (χ1n) is 13.6. The lowest BCUT2D eigenvalue weighted by atomic mass is 9.92. The standard InChI is InChI=1S/C30H34ClN3O10/c1-30(2,16-35)15-33-21-9-8-17(31)10-20(21)27(19-6-5-7-22(41-3)28(19)42-4)44-23(29(33)40)11-18-12-24(43-14-26(38)39)34(32-18)13-25(36)37/h5-10,12,23,27,35H,11,13-16H2,1-4H3,(H,36,37)(H,38,39)/t23-,27-/m1/s1. The Morgan fingerprint density at radius 3 is 2.45 bits per heavy atom. The van der Waals surface area contributed by atoms with Gasteiger partial charge in [-0.05, 0) is 24.3 Å². The molecular formula is C30H34ClN3O10. The molecule has 0 saturated heterocycles. The van der Waals surface area contributed by atoms with Crippen LogP contribution in [-0.2, 0) is 32.1 Å². The fraction of sp³-hybridized carbons (Fsp3) is 0.400. The number of aliphatic hydroxyl groups excluding tert-OH is 1. The number of hydrogen-bond acceptors (Lipinski definition) is 9. The average Bonchev–Trinajstić information content (AvgIpc) is 3.31. The summed E-state index contributed by atoms with van der Waals surface area (Å²) in [6, 6.07) is 11.7. The Bertz CT molecular complexity index is 1540. The van der Waals surface area contributed by atoms with Gasteiger partial charge in [-0.15, -0.1) is 0 Å². The van der Waals surface area contributed by atoms with Crippen LogP contribution in [0.3, 0.4) is 0 Å². The molecule has 0 saturated carbocycles. The molecule has 13 nitrogen and oxygen atoms in total. The largest absolute Gasteiger partial charge is 0.493 e. The van der Waals surface area contributed by atoms with Gasteiger partial charge in [0.25, 0.3) is 5.91 Å². The minimum atomic E-state index is -1.26. The van der Waals surface area contributed by atoms with Gasteiger partial charge in [0.05, 0.1) is 19.9 Å². The van der Waals surface area contributed by atoms with Crippen LogP contribution in [0.2, 0.25) is 5.02 Å². The Morgan fingerprint density at radius 1 is 1.07 bits per heavy atom. The van der Waals surface area contributed by atoms with Gasteiger partial charge < -0.3 is 39.2 Å². The summed E-state index contributed by atoms with van der Waals surface area (Å²) in [5, 5.41) is 33.2. The molecular weight excluding hydrogens is 598 g/mol. The van der Waals surface area contributed by atoms with Gasteiger partial charge in [0.2, 0.25) is 5.88 Å². The monoisotopic (exact) mass is 631 g/mol. The maximum atomic E-state index is 14.3. The fourth-order valence-electron chi connectivity index (χ4n) is 4.94. The van der Waals surface area contributed by atoms with E-state index in [2.05, 4.69) is 5.10 Å². The maximum absolute atomic E-state index is 14.3. The maximum Gasteiger partial charge on any atom is 0.341 e. The molecule has 236 valence electrons. The van der Waals surface area contributed by atoms with E-state index < -0.39 is 48.6 Å². The second-order valence-corrected chi connectivity index (χ2v) is 11.4. The zero-order valence-electron chi connectivity index (χ0n) is 24.7. The zero-order chi connectivity index (χ0) is 32.2. The van der Waals surface area contributed by atoms with Gasteiger partial charge in [-0.2, -0.15) is 5.10 Å². The summed E-state index contributed by atoms with van der Waals surface area (Å²) in [7, 11) is 2.99. The van der Waals surface area contributed by atoms with Crippen molar-refractivity contribution in [1.29, 1.82) is 0 Å². The van der Waals surface area contributed by atoms with Crippen LogP contribution >= 0.6 is 11.6 Å². The number of hydrogen-bond donors (Lipinski definition) is 3. The molecule has 1 aliphatic heterocycles. The lowest BCUT2D eigenvalue weighted by Crippen LogP contribution is -2.46. The average molecular weight is 632 g/mol. The summed E-state index contributed by atoms with van der Waals surface area (Å²) in [4.78, 5) is 38.4. The lowest BCUT2D eigenvalue weighted by Gasteiger charge is -2.32. The number of carboxylic acid groups (broad SMARTS) is 2. The third kappa shape index (κ3) is 7.24. The second kappa shape index (κ2) is 13.5. The van der Waals surface area contributed by atoms with Crippen molar-refractivity contribution in [1.82, 2.24) is 9.78 Å². The quantitative estimate of drug-likeness (QED) is 0.253. The first-order chi connectivity index (χ1) is 20.9. The van der Waals surface area contributed by atoms with E-state index in [1.807, 2.05) is 13.8 Å². The van der Waals surface area contributed by atoms with Crippen LogP contribution in [0.4, 0.5) is 5.69 Å². The molecule has 0 aliphatic carbocycles. The molecule has 2 aromatic carbocycles. The van der Waals surface area contributed by atoms with E-state index in [0.717, 1.165) is 4.68 Å². The third-order valence-electron chi connectivity index (χ3n) is 6.95. The van der Waals surface area contributed by atoms with Crippen molar-refractivity contribution in [3.05, 3.63) is 64.3 Å². The highest BCUT2D eigenvalue weighted by Gasteiger charge is 2.40. The molecule has 0 fully saturated rings. The number of fused-ring (bicyclic) bond motifs is 1. The minimum Gasteiger partial charge on any atom is -0.493 e. The lowest BCUT2D eigenvalue weighted by molar-refractivity contribution is -0.139. The second-order valence-electron chi connectivity index (χ2n) is 10.9. The summed E-state index contributed by atoms with van der Waals surface area (Å²) in [5.41, 5.74) is 1.16. The Morgan fingerprint density at radius 2 is 1.82 bits per heavy atom. The number of aromatic nitrogens is 2. The molecule has 0 spiro atoms. The van der Waals surface area contributed by atoms with Crippen molar-refractivity contribution >= 4 is 35.1 Å². The van der Waals surface area contributed by atoms with E-state index in [0.29, 0.717) is 33.3 Å².